The fourth-order valence-corrected chi connectivity index (χ4v) is 3.68. The molecule has 0 spiro atoms. The van der Waals surface area contributed by atoms with Crippen LogP contribution < -0.4 is 15.6 Å². The van der Waals surface area contributed by atoms with Crippen molar-refractivity contribution in [3.63, 3.8) is 0 Å². The molecule has 0 aliphatic heterocycles. The summed E-state index contributed by atoms with van der Waals surface area (Å²) in [5.74, 6) is 0.703. The van der Waals surface area contributed by atoms with Crippen molar-refractivity contribution in [2.75, 3.05) is 11.6 Å². The second kappa shape index (κ2) is 9.08. The molecular weight excluding hydrogens is 362 g/mol. The minimum atomic E-state index is -0.173. The molecule has 3 rings (SSSR count). The van der Waals surface area contributed by atoms with Crippen LogP contribution in [0, 0.1) is 6.92 Å². The third-order valence-electron chi connectivity index (χ3n) is 4.74. The largest absolute Gasteiger partial charge is 0.490 e. The van der Waals surface area contributed by atoms with Crippen molar-refractivity contribution in [3.05, 3.63) is 45.9 Å². The summed E-state index contributed by atoms with van der Waals surface area (Å²) in [5, 5.41) is 3.45. The van der Waals surface area contributed by atoms with Gasteiger partial charge in [0.1, 0.15) is 5.75 Å². The van der Waals surface area contributed by atoms with Crippen LogP contribution in [0.2, 0.25) is 0 Å². The molecule has 0 radical (unpaired) electrons. The van der Waals surface area contributed by atoms with E-state index in [2.05, 4.69) is 15.3 Å². The van der Waals surface area contributed by atoms with Crippen LogP contribution in [0.5, 0.6) is 5.75 Å². The molecule has 1 fully saturated rings. The van der Waals surface area contributed by atoms with Crippen LogP contribution in [0.15, 0.2) is 34.2 Å². The van der Waals surface area contributed by atoms with E-state index in [1.807, 2.05) is 30.5 Å². The van der Waals surface area contributed by atoms with E-state index in [-0.39, 0.29) is 17.9 Å². The molecule has 1 saturated carbocycles. The van der Waals surface area contributed by atoms with Gasteiger partial charge in [-0.25, -0.2) is 4.98 Å². The molecule has 6 nitrogen and oxygen atoms in total. The van der Waals surface area contributed by atoms with Crippen molar-refractivity contribution in [3.8, 4) is 5.75 Å². The lowest BCUT2D eigenvalue weighted by Crippen LogP contribution is -2.20. The van der Waals surface area contributed by atoms with Gasteiger partial charge in [0.15, 0.2) is 5.16 Å². The summed E-state index contributed by atoms with van der Waals surface area (Å²) >= 11 is 1.39. The van der Waals surface area contributed by atoms with Crippen LogP contribution in [-0.2, 0) is 11.2 Å². The number of hydrogen-bond donors (Lipinski definition) is 2. The van der Waals surface area contributed by atoms with Gasteiger partial charge >= 0.3 is 0 Å². The summed E-state index contributed by atoms with van der Waals surface area (Å²) in [6.07, 6.45) is 7.45. The molecule has 0 atom stereocenters. The molecule has 0 saturated heterocycles. The predicted octanol–water partition coefficient (Wildman–Crippen LogP) is 3.69. The molecule has 1 heterocycles. The van der Waals surface area contributed by atoms with E-state index in [0.29, 0.717) is 28.9 Å². The van der Waals surface area contributed by atoms with Crippen LogP contribution >= 0.6 is 11.8 Å². The van der Waals surface area contributed by atoms with Gasteiger partial charge in [0.25, 0.3) is 5.56 Å². The molecule has 144 valence electrons. The fraction of sp³-hybridized carbons (Fsp3) is 0.450. The smallest absolute Gasteiger partial charge is 0.254 e. The quantitative estimate of drug-likeness (QED) is 0.559. The van der Waals surface area contributed by atoms with Gasteiger partial charge in [-0.2, -0.15) is 0 Å². The summed E-state index contributed by atoms with van der Waals surface area (Å²) in [5.41, 5.74) is 1.78. The van der Waals surface area contributed by atoms with E-state index in [4.69, 9.17) is 4.74 Å². The van der Waals surface area contributed by atoms with E-state index in [0.717, 1.165) is 24.3 Å². The van der Waals surface area contributed by atoms with E-state index in [1.165, 1.54) is 24.6 Å². The van der Waals surface area contributed by atoms with Crippen molar-refractivity contribution in [2.45, 2.75) is 56.7 Å². The maximum atomic E-state index is 12.2. The molecule has 2 aromatic rings. The topological polar surface area (TPSA) is 84.1 Å². The van der Waals surface area contributed by atoms with E-state index >= 15 is 0 Å². The van der Waals surface area contributed by atoms with Crippen molar-refractivity contribution in [1.29, 1.82) is 0 Å². The van der Waals surface area contributed by atoms with Crippen LogP contribution in [0.1, 0.15) is 43.4 Å². The Bertz CT molecular complexity index is 843. The molecule has 27 heavy (non-hydrogen) atoms. The first-order chi connectivity index (χ1) is 13.0. The molecule has 1 aromatic heterocycles. The summed E-state index contributed by atoms with van der Waals surface area (Å²) in [6.45, 7) is 1.80. The Morgan fingerprint density at radius 3 is 2.63 bits per heavy atom. The number of hydrogen-bond acceptors (Lipinski definition) is 5. The number of anilines is 1. The van der Waals surface area contributed by atoms with Gasteiger partial charge in [-0.1, -0.05) is 11.8 Å². The number of rotatable bonds is 7. The number of nitrogens with one attached hydrogen (secondary N) is 2. The molecular formula is C20H25N3O3S. The number of carbonyl (C=O) groups excluding carboxylic acids is 1. The lowest BCUT2D eigenvalue weighted by atomic mass is 10.1. The maximum Gasteiger partial charge on any atom is 0.254 e. The van der Waals surface area contributed by atoms with Gasteiger partial charge < -0.3 is 15.0 Å². The molecule has 7 heteroatoms. The number of nitrogens with zero attached hydrogens (tertiary/aromatic N) is 1. The van der Waals surface area contributed by atoms with Gasteiger partial charge in [-0.3, -0.25) is 9.59 Å². The highest BCUT2D eigenvalue weighted by Gasteiger charge is 2.16. The molecule has 1 aromatic carbocycles. The van der Waals surface area contributed by atoms with Crippen molar-refractivity contribution < 1.29 is 9.53 Å². The Balaban J connectivity index is 1.52. The highest BCUT2D eigenvalue weighted by atomic mass is 32.2. The first kappa shape index (κ1) is 19.5. The van der Waals surface area contributed by atoms with Gasteiger partial charge in [-0.15, -0.1) is 0 Å². The summed E-state index contributed by atoms with van der Waals surface area (Å²) in [6, 6.07) is 7.45. The van der Waals surface area contributed by atoms with Gasteiger partial charge in [0, 0.05) is 23.4 Å². The number of aromatic amines is 1. The first-order valence-corrected chi connectivity index (χ1v) is 10.5. The second-order valence-electron chi connectivity index (χ2n) is 6.74. The molecule has 1 aliphatic rings. The van der Waals surface area contributed by atoms with Crippen molar-refractivity contribution >= 4 is 23.4 Å². The number of aromatic nitrogens is 2. The van der Waals surface area contributed by atoms with Crippen LogP contribution in [0.3, 0.4) is 0 Å². The molecule has 1 amide bonds. The predicted molar refractivity (Wildman–Crippen MR) is 108 cm³/mol. The Morgan fingerprint density at radius 2 is 2.00 bits per heavy atom. The third-order valence-corrected chi connectivity index (χ3v) is 5.32. The average Bonchev–Trinajstić information content (AvgIpc) is 3.15. The SMILES string of the molecule is CSc1nc(C)c(CCC(=O)Nc2ccc(OC3CCCC3)cc2)c(=O)[nH]1. The lowest BCUT2D eigenvalue weighted by Gasteiger charge is -2.13. The normalized spacial score (nSPS) is 14.3. The summed E-state index contributed by atoms with van der Waals surface area (Å²) in [7, 11) is 0. The molecule has 0 unspecified atom stereocenters. The Morgan fingerprint density at radius 1 is 1.30 bits per heavy atom. The zero-order valence-electron chi connectivity index (χ0n) is 15.7. The van der Waals surface area contributed by atoms with Crippen LogP contribution in [-0.4, -0.2) is 28.2 Å². The van der Waals surface area contributed by atoms with Crippen LogP contribution in [0.4, 0.5) is 5.69 Å². The highest BCUT2D eigenvalue weighted by molar-refractivity contribution is 7.98. The van der Waals surface area contributed by atoms with E-state index in [1.54, 1.807) is 6.92 Å². The van der Waals surface area contributed by atoms with Crippen molar-refractivity contribution in [2.24, 2.45) is 0 Å². The molecule has 1 aliphatic carbocycles. The first-order valence-electron chi connectivity index (χ1n) is 9.25. The Kier molecular flexibility index (Phi) is 6.55. The number of H-pyrrole nitrogens is 1. The van der Waals surface area contributed by atoms with Gasteiger partial charge in [-0.05, 0) is 69.5 Å². The summed E-state index contributed by atoms with van der Waals surface area (Å²) in [4.78, 5) is 31.4. The maximum absolute atomic E-state index is 12.2. The summed E-state index contributed by atoms with van der Waals surface area (Å²) < 4.78 is 5.93. The van der Waals surface area contributed by atoms with Gasteiger partial charge in [0.2, 0.25) is 5.91 Å². The minimum Gasteiger partial charge on any atom is -0.490 e. The van der Waals surface area contributed by atoms with Crippen molar-refractivity contribution in [1.82, 2.24) is 9.97 Å². The monoisotopic (exact) mass is 387 g/mol. The molecule has 2 N–H and O–H groups in total. The fourth-order valence-electron chi connectivity index (χ4n) is 3.25. The number of ether oxygens (including phenoxy) is 1. The molecule has 0 bridgehead atoms. The lowest BCUT2D eigenvalue weighted by molar-refractivity contribution is -0.116. The Labute approximate surface area is 163 Å². The number of thioether (sulfide) groups is 1. The zero-order chi connectivity index (χ0) is 19.2. The highest BCUT2D eigenvalue weighted by Crippen LogP contribution is 2.25. The van der Waals surface area contributed by atoms with Gasteiger partial charge in [0.05, 0.1) is 6.10 Å². The minimum absolute atomic E-state index is 0.132. The zero-order valence-corrected chi connectivity index (χ0v) is 16.5. The number of carbonyl (C=O) groups is 1. The second-order valence-corrected chi connectivity index (χ2v) is 7.53. The third kappa shape index (κ3) is 5.35. The van der Waals surface area contributed by atoms with E-state index < -0.39 is 0 Å². The Hall–Kier alpha value is -2.28. The number of aryl methyl sites for hydroxylation is 1. The van der Waals surface area contributed by atoms with E-state index in [9.17, 15) is 9.59 Å². The average molecular weight is 388 g/mol. The standard InChI is InChI=1S/C20H25N3O3S/c1-13-17(19(25)23-20(21-13)27-2)11-12-18(24)22-14-7-9-16(10-8-14)26-15-5-3-4-6-15/h7-10,15H,3-6,11-12H2,1-2H3,(H,22,24)(H,21,23,25). The number of benzene rings is 1. The number of amides is 1. The van der Waals surface area contributed by atoms with Crippen LogP contribution in [0.25, 0.3) is 0 Å².